The Bertz CT molecular complexity index is 2350. The average Bonchev–Trinajstić information content (AvgIpc) is 3.54. The molecule has 0 bridgehead atoms. The SMILES string of the molecule is C[Si](C)(C)c1ccccc1-c1nc(-c2ccccc2)nc(-n2c3ccc(Br)cc3c3cc4c(cc32)oc2ccccc24)n1. The molecule has 0 spiro atoms. The lowest BCUT2D eigenvalue weighted by atomic mass is 10.1. The lowest BCUT2D eigenvalue weighted by molar-refractivity contribution is 0.669. The molecule has 0 aliphatic rings. The monoisotopic (exact) mass is 638 g/mol. The summed E-state index contributed by atoms with van der Waals surface area (Å²) in [5.74, 6) is 1.90. The molecule has 0 unspecified atom stereocenters. The van der Waals surface area contributed by atoms with Crippen LogP contribution in [-0.2, 0) is 0 Å². The first-order valence-electron chi connectivity index (χ1n) is 14.3. The van der Waals surface area contributed by atoms with E-state index in [4.69, 9.17) is 19.4 Å². The van der Waals surface area contributed by atoms with Gasteiger partial charge < -0.3 is 4.42 Å². The summed E-state index contributed by atoms with van der Waals surface area (Å²) in [6.07, 6.45) is 0. The van der Waals surface area contributed by atoms with Gasteiger partial charge in [0.2, 0.25) is 5.95 Å². The van der Waals surface area contributed by atoms with Crippen LogP contribution in [0.4, 0.5) is 0 Å². The summed E-state index contributed by atoms with van der Waals surface area (Å²) in [7, 11) is -1.71. The number of aromatic nitrogens is 4. The number of benzene rings is 5. The molecule has 43 heavy (non-hydrogen) atoms. The molecule has 0 atom stereocenters. The number of hydrogen-bond acceptors (Lipinski definition) is 4. The van der Waals surface area contributed by atoms with Crippen molar-refractivity contribution >= 4 is 72.9 Å². The minimum atomic E-state index is -1.71. The number of rotatable bonds is 4. The van der Waals surface area contributed by atoms with E-state index in [1.807, 2.05) is 42.5 Å². The second-order valence-electron chi connectivity index (χ2n) is 11.9. The van der Waals surface area contributed by atoms with Crippen molar-refractivity contribution in [3.63, 3.8) is 0 Å². The average molecular weight is 640 g/mol. The van der Waals surface area contributed by atoms with Crippen molar-refractivity contribution < 1.29 is 4.42 Å². The number of furan rings is 1. The standard InChI is InChI=1S/C36H27BrN4OSi/c1-43(2,3)33-16-10-8-14-25(33)35-38-34(22-11-5-4-6-12-22)39-36(40-35)41-29-18-17-23(37)19-26(29)27-20-28-24-13-7-9-15-31(24)42-32(28)21-30(27)41/h4-21H,1-3H3. The normalized spacial score (nSPS) is 12.2. The van der Waals surface area contributed by atoms with Gasteiger partial charge in [0.05, 0.1) is 19.1 Å². The minimum absolute atomic E-state index is 0.576. The van der Waals surface area contributed by atoms with Gasteiger partial charge in [-0.1, -0.05) is 108 Å². The Morgan fingerprint density at radius 2 is 1.33 bits per heavy atom. The molecule has 0 aliphatic heterocycles. The molecule has 0 amide bonds. The Kier molecular flexibility index (Phi) is 5.89. The van der Waals surface area contributed by atoms with E-state index in [0.29, 0.717) is 17.6 Å². The Labute approximate surface area is 258 Å². The molecule has 0 aliphatic carbocycles. The fourth-order valence-corrected chi connectivity index (χ4v) is 8.02. The van der Waals surface area contributed by atoms with E-state index in [1.165, 1.54) is 5.19 Å². The van der Waals surface area contributed by atoms with Gasteiger partial charge in [-0.15, -0.1) is 0 Å². The quantitative estimate of drug-likeness (QED) is 0.180. The van der Waals surface area contributed by atoms with Crippen LogP contribution >= 0.6 is 15.9 Å². The van der Waals surface area contributed by atoms with E-state index in [-0.39, 0.29) is 0 Å². The number of para-hydroxylation sites is 1. The molecule has 8 aromatic rings. The molecule has 3 aromatic heterocycles. The highest BCUT2D eigenvalue weighted by atomic mass is 79.9. The van der Waals surface area contributed by atoms with Crippen LogP contribution in [0.25, 0.3) is 72.5 Å². The molecule has 0 radical (unpaired) electrons. The van der Waals surface area contributed by atoms with Gasteiger partial charge in [0.25, 0.3) is 0 Å². The Hall–Kier alpha value is -4.59. The van der Waals surface area contributed by atoms with Gasteiger partial charge in [0, 0.05) is 43.2 Å². The Morgan fingerprint density at radius 1 is 0.605 bits per heavy atom. The zero-order valence-corrected chi connectivity index (χ0v) is 26.6. The first-order chi connectivity index (χ1) is 20.8. The van der Waals surface area contributed by atoms with E-state index < -0.39 is 8.07 Å². The molecule has 5 aromatic carbocycles. The van der Waals surface area contributed by atoms with Crippen LogP contribution in [0.2, 0.25) is 19.6 Å². The first kappa shape index (κ1) is 26.1. The van der Waals surface area contributed by atoms with Gasteiger partial charge in [-0.3, -0.25) is 4.57 Å². The van der Waals surface area contributed by atoms with Gasteiger partial charge in [0.1, 0.15) is 11.2 Å². The highest BCUT2D eigenvalue weighted by molar-refractivity contribution is 9.10. The third-order valence-electron chi connectivity index (χ3n) is 8.06. The van der Waals surface area contributed by atoms with Crippen molar-refractivity contribution in [2.24, 2.45) is 0 Å². The van der Waals surface area contributed by atoms with E-state index in [0.717, 1.165) is 59.3 Å². The predicted molar refractivity (Wildman–Crippen MR) is 183 cm³/mol. The molecule has 8 rings (SSSR count). The number of halogens is 1. The molecule has 0 saturated carbocycles. The van der Waals surface area contributed by atoms with Crippen molar-refractivity contribution in [1.29, 1.82) is 0 Å². The van der Waals surface area contributed by atoms with Crippen LogP contribution < -0.4 is 5.19 Å². The molecule has 3 heterocycles. The van der Waals surface area contributed by atoms with Crippen LogP contribution in [0.5, 0.6) is 0 Å². The molecule has 5 nitrogen and oxygen atoms in total. The lowest BCUT2D eigenvalue weighted by Crippen LogP contribution is -2.39. The predicted octanol–water partition coefficient (Wildman–Crippen LogP) is 9.51. The van der Waals surface area contributed by atoms with Crippen LogP contribution in [0.15, 0.2) is 118 Å². The zero-order valence-electron chi connectivity index (χ0n) is 24.0. The molecule has 208 valence electrons. The summed E-state index contributed by atoms with van der Waals surface area (Å²) in [6, 6.07) is 37.6. The maximum absolute atomic E-state index is 6.34. The molecule has 0 N–H and O–H groups in total. The Morgan fingerprint density at radius 3 is 2.16 bits per heavy atom. The number of hydrogen-bond donors (Lipinski definition) is 0. The fourth-order valence-electron chi connectivity index (χ4n) is 6.06. The van der Waals surface area contributed by atoms with Crippen LogP contribution in [0.1, 0.15) is 0 Å². The van der Waals surface area contributed by atoms with Crippen LogP contribution in [0.3, 0.4) is 0 Å². The fraction of sp³-hybridized carbons (Fsp3) is 0.0833. The lowest BCUT2D eigenvalue weighted by Gasteiger charge is -2.20. The van der Waals surface area contributed by atoms with Gasteiger partial charge >= 0.3 is 0 Å². The topological polar surface area (TPSA) is 56.7 Å². The summed E-state index contributed by atoms with van der Waals surface area (Å²) >= 11 is 3.71. The van der Waals surface area contributed by atoms with Gasteiger partial charge in [-0.2, -0.15) is 9.97 Å². The van der Waals surface area contributed by atoms with E-state index in [9.17, 15) is 0 Å². The van der Waals surface area contributed by atoms with E-state index >= 15 is 0 Å². The number of nitrogens with zero attached hydrogens (tertiary/aromatic N) is 4. The van der Waals surface area contributed by atoms with Crippen molar-refractivity contribution in [3.05, 3.63) is 114 Å². The van der Waals surface area contributed by atoms with Crippen molar-refractivity contribution in [2.75, 3.05) is 0 Å². The van der Waals surface area contributed by atoms with Gasteiger partial charge in [-0.25, -0.2) is 4.98 Å². The third kappa shape index (κ3) is 4.30. The largest absolute Gasteiger partial charge is 0.456 e. The molecule has 0 fully saturated rings. The smallest absolute Gasteiger partial charge is 0.238 e. The molecule has 7 heteroatoms. The maximum Gasteiger partial charge on any atom is 0.238 e. The summed E-state index contributed by atoms with van der Waals surface area (Å²) < 4.78 is 9.51. The third-order valence-corrected chi connectivity index (χ3v) is 10.6. The van der Waals surface area contributed by atoms with Crippen LogP contribution in [-0.4, -0.2) is 27.6 Å². The summed E-state index contributed by atoms with van der Waals surface area (Å²) in [6.45, 7) is 7.07. The zero-order chi connectivity index (χ0) is 29.3. The van der Waals surface area contributed by atoms with Crippen molar-refractivity contribution in [1.82, 2.24) is 19.5 Å². The second kappa shape index (κ2) is 9.72. The number of fused-ring (bicyclic) bond motifs is 6. The molecular weight excluding hydrogens is 612 g/mol. The highest BCUT2D eigenvalue weighted by Crippen LogP contribution is 2.39. The van der Waals surface area contributed by atoms with E-state index in [2.05, 4.69) is 107 Å². The van der Waals surface area contributed by atoms with E-state index in [1.54, 1.807) is 0 Å². The van der Waals surface area contributed by atoms with Crippen molar-refractivity contribution in [3.8, 4) is 28.7 Å². The summed E-state index contributed by atoms with van der Waals surface area (Å²) in [5.41, 5.74) is 5.71. The minimum Gasteiger partial charge on any atom is -0.456 e. The van der Waals surface area contributed by atoms with Gasteiger partial charge in [-0.05, 0) is 35.5 Å². The maximum atomic E-state index is 6.34. The summed E-state index contributed by atoms with van der Waals surface area (Å²) in [5, 5.41) is 5.74. The first-order valence-corrected chi connectivity index (χ1v) is 18.6. The summed E-state index contributed by atoms with van der Waals surface area (Å²) in [4.78, 5) is 15.4. The highest BCUT2D eigenvalue weighted by Gasteiger charge is 2.24. The molecular formula is C36H27BrN4OSi. The Balaban J connectivity index is 1.48. The van der Waals surface area contributed by atoms with Crippen molar-refractivity contribution in [2.45, 2.75) is 19.6 Å². The van der Waals surface area contributed by atoms with Gasteiger partial charge in [0.15, 0.2) is 11.6 Å². The second-order valence-corrected chi connectivity index (χ2v) is 17.9. The van der Waals surface area contributed by atoms with Crippen LogP contribution in [0, 0.1) is 0 Å². The molecule has 0 saturated heterocycles.